The quantitative estimate of drug-likeness (QED) is 0.637. The Balaban J connectivity index is 2.17. The predicted octanol–water partition coefficient (Wildman–Crippen LogP) is 1.87. The van der Waals surface area contributed by atoms with Crippen LogP contribution < -0.4 is 0 Å². The molecular weight excluding hydrogens is 159 g/mol. The maximum Gasteiger partial charge on any atom is 0.184 e. The summed E-state index contributed by atoms with van der Waals surface area (Å²) in [6.07, 6.45) is -0.300. The van der Waals surface area contributed by atoms with Crippen molar-refractivity contribution in [3.8, 4) is 0 Å². The van der Waals surface area contributed by atoms with Crippen LogP contribution in [0.3, 0.4) is 0 Å². The Morgan fingerprint density at radius 2 is 1.67 bits per heavy atom. The maximum atomic E-state index is 12.5. The van der Waals surface area contributed by atoms with Gasteiger partial charge in [0.15, 0.2) is 6.29 Å². The maximum absolute atomic E-state index is 12.5. The first-order valence-corrected chi connectivity index (χ1v) is 3.85. The molecule has 0 spiro atoms. The zero-order valence-corrected chi connectivity index (χ0v) is 6.50. The highest BCUT2D eigenvalue weighted by Gasteiger charge is 2.17. The fourth-order valence-corrected chi connectivity index (χ4v) is 1.17. The predicted molar refractivity (Wildman–Crippen MR) is 41.0 cm³/mol. The van der Waals surface area contributed by atoms with Crippen LogP contribution in [0.15, 0.2) is 24.3 Å². The lowest BCUT2D eigenvalue weighted by atomic mass is 10.2. The van der Waals surface area contributed by atoms with Crippen molar-refractivity contribution in [2.45, 2.75) is 6.29 Å². The monoisotopic (exact) mass is 168 g/mol. The first kappa shape index (κ1) is 7.71. The molecule has 2 nitrogen and oxygen atoms in total. The molecule has 0 N–H and O–H groups in total. The molecule has 0 atom stereocenters. The van der Waals surface area contributed by atoms with Crippen molar-refractivity contribution >= 4 is 0 Å². The first-order chi connectivity index (χ1) is 5.86. The van der Waals surface area contributed by atoms with E-state index in [1.807, 2.05) is 0 Å². The summed E-state index contributed by atoms with van der Waals surface area (Å²) in [6.45, 7) is 1.23. The SMILES string of the molecule is Fc1ccc(C2OCCO2)cc1. The molecule has 1 heterocycles. The van der Waals surface area contributed by atoms with Gasteiger partial charge in [-0.3, -0.25) is 0 Å². The van der Waals surface area contributed by atoms with E-state index in [1.165, 1.54) is 12.1 Å². The van der Waals surface area contributed by atoms with E-state index in [1.54, 1.807) is 12.1 Å². The van der Waals surface area contributed by atoms with Gasteiger partial charge in [0, 0.05) is 5.56 Å². The van der Waals surface area contributed by atoms with Crippen LogP contribution in [0.25, 0.3) is 0 Å². The van der Waals surface area contributed by atoms with Gasteiger partial charge in [0.05, 0.1) is 13.2 Å². The van der Waals surface area contributed by atoms with Crippen molar-refractivity contribution in [2.24, 2.45) is 0 Å². The lowest BCUT2D eigenvalue weighted by molar-refractivity contribution is -0.0441. The standard InChI is InChI=1S/C9H9FO2/c10-8-3-1-7(2-4-8)9-11-5-6-12-9/h1-4,9H,5-6H2. The topological polar surface area (TPSA) is 18.5 Å². The highest BCUT2D eigenvalue weighted by Crippen LogP contribution is 2.22. The third kappa shape index (κ3) is 1.47. The number of hydrogen-bond acceptors (Lipinski definition) is 2. The van der Waals surface area contributed by atoms with Gasteiger partial charge in [-0.1, -0.05) is 12.1 Å². The minimum Gasteiger partial charge on any atom is -0.346 e. The molecule has 0 bridgehead atoms. The molecule has 1 saturated heterocycles. The lowest BCUT2D eigenvalue weighted by Gasteiger charge is -2.07. The molecule has 0 radical (unpaired) electrons. The van der Waals surface area contributed by atoms with E-state index < -0.39 is 0 Å². The lowest BCUT2D eigenvalue weighted by Crippen LogP contribution is -1.97. The molecule has 0 aliphatic carbocycles. The molecule has 0 unspecified atom stereocenters. The first-order valence-electron chi connectivity index (χ1n) is 3.85. The van der Waals surface area contributed by atoms with Gasteiger partial charge in [-0.05, 0) is 12.1 Å². The fraction of sp³-hybridized carbons (Fsp3) is 0.333. The second kappa shape index (κ2) is 3.21. The molecule has 2 rings (SSSR count). The molecule has 1 aliphatic rings. The van der Waals surface area contributed by atoms with Crippen molar-refractivity contribution < 1.29 is 13.9 Å². The highest BCUT2D eigenvalue weighted by molar-refractivity contribution is 5.17. The van der Waals surface area contributed by atoms with Crippen LogP contribution >= 0.6 is 0 Å². The van der Waals surface area contributed by atoms with Crippen LogP contribution in [0.4, 0.5) is 4.39 Å². The van der Waals surface area contributed by atoms with E-state index in [-0.39, 0.29) is 12.1 Å². The molecule has 1 aliphatic heterocycles. The van der Waals surface area contributed by atoms with Gasteiger partial charge in [0.25, 0.3) is 0 Å². The number of benzene rings is 1. The Kier molecular flexibility index (Phi) is 2.06. The molecule has 1 fully saturated rings. The minimum atomic E-state index is -0.300. The van der Waals surface area contributed by atoms with Gasteiger partial charge >= 0.3 is 0 Å². The molecule has 12 heavy (non-hydrogen) atoms. The van der Waals surface area contributed by atoms with Crippen molar-refractivity contribution in [3.05, 3.63) is 35.6 Å². The van der Waals surface area contributed by atoms with E-state index in [4.69, 9.17) is 9.47 Å². The Labute approximate surface area is 69.9 Å². The van der Waals surface area contributed by atoms with Gasteiger partial charge in [-0.2, -0.15) is 0 Å². The van der Waals surface area contributed by atoms with Crippen molar-refractivity contribution in [3.63, 3.8) is 0 Å². The molecule has 0 amide bonds. The molecule has 0 saturated carbocycles. The van der Waals surface area contributed by atoms with Crippen LogP contribution in [0, 0.1) is 5.82 Å². The van der Waals surface area contributed by atoms with Crippen LogP contribution in [-0.2, 0) is 9.47 Å². The molecule has 1 aromatic carbocycles. The Bertz CT molecular complexity index is 252. The normalized spacial score (nSPS) is 18.4. The van der Waals surface area contributed by atoms with E-state index in [0.29, 0.717) is 13.2 Å². The number of rotatable bonds is 1. The summed E-state index contributed by atoms with van der Waals surface area (Å²) in [5.74, 6) is -0.239. The van der Waals surface area contributed by atoms with Crippen LogP contribution in [0.2, 0.25) is 0 Å². The molecular formula is C9H9FO2. The number of halogens is 1. The van der Waals surface area contributed by atoms with Gasteiger partial charge < -0.3 is 9.47 Å². The second-order valence-electron chi connectivity index (χ2n) is 2.63. The largest absolute Gasteiger partial charge is 0.346 e. The number of hydrogen-bond donors (Lipinski definition) is 0. The molecule has 64 valence electrons. The van der Waals surface area contributed by atoms with E-state index in [2.05, 4.69) is 0 Å². The second-order valence-corrected chi connectivity index (χ2v) is 2.63. The Hall–Kier alpha value is -0.930. The average Bonchev–Trinajstić information content (AvgIpc) is 2.58. The summed E-state index contributed by atoms with van der Waals surface area (Å²) >= 11 is 0. The van der Waals surface area contributed by atoms with Crippen molar-refractivity contribution in [1.29, 1.82) is 0 Å². The summed E-state index contributed by atoms with van der Waals surface area (Å²) in [7, 11) is 0. The van der Waals surface area contributed by atoms with Crippen LogP contribution in [0.5, 0.6) is 0 Å². The Morgan fingerprint density at radius 1 is 1.08 bits per heavy atom. The van der Waals surface area contributed by atoms with Gasteiger partial charge in [0.2, 0.25) is 0 Å². The van der Waals surface area contributed by atoms with E-state index in [0.717, 1.165) is 5.56 Å². The third-order valence-electron chi connectivity index (χ3n) is 1.76. The molecule has 1 aromatic rings. The third-order valence-corrected chi connectivity index (χ3v) is 1.76. The van der Waals surface area contributed by atoms with Gasteiger partial charge in [0.1, 0.15) is 5.82 Å². The molecule has 0 aromatic heterocycles. The summed E-state index contributed by atoms with van der Waals surface area (Å²) < 4.78 is 23.0. The zero-order valence-electron chi connectivity index (χ0n) is 6.50. The average molecular weight is 168 g/mol. The molecule has 3 heteroatoms. The summed E-state index contributed by atoms with van der Waals surface area (Å²) in [5, 5.41) is 0. The van der Waals surface area contributed by atoms with E-state index >= 15 is 0 Å². The summed E-state index contributed by atoms with van der Waals surface area (Å²) in [4.78, 5) is 0. The Morgan fingerprint density at radius 3 is 2.25 bits per heavy atom. The minimum absolute atomic E-state index is 0.239. The summed E-state index contributed by atoms with van der Waals surface area (Å²) in [5.41, 5.74) is 0.869. The van der Waals surface area contributed by atoms with Crippen molar-refractivity contribution in [1.82, 2.24) is 0 Å². The van der Waals surface area contributed by atoms with Crippen molar-refractivity contribution in [2.75, 3.05) is 13.2 Å². The van der Waals surface area contributed by atoms with Crippen LogP contribution in [-0.4, -0.2) is 13.2 Å². The van der Waals surface area contributed by atoms with Gasteiger partial charge in [-0.15, -0.1) is 0 Å². The van der Waals surface area contributed by atoms with Crippen LogP contribution in [0.1, 0.15) is 11.9 Å². The summed E-state index contributed by atoms with van der Waals surface area (Å²) in [6, 6.07) is 6.15. The smallest absolute Gasteiger partial charge is 0.184 e. The van der Waals surface area contributed by atoms with E-state index in [9.17, 15) is 4.39 Å². The van der Waals surface area contributed by atoms with Gasteiger partial charge in [-0.25, -0.2) is 4.39 Å². The fourth-order valence-electron chi connectivity index (χ4n) is 1.17. The zero-order chi connectivity index (χ0) is 8.39. The highest BCUT2D eigenvalue weighted by atomic mass is 19.1. The number of ether oxygens (including phenoxy) is 2.